The first-order valence-electron chi connectivity index (χ1n) is 7.65. The molecule has 2 rings (SSSR count). The van der Waals surface area contributed by atoms with E-state index < -0.39 is 17.2 Å². The van der Waals surface area contributed by atoms with Crippen molar-refractivity contribution in [2.45, 2.75) is 13.8 Å². The Hall–Kier alpha value is -3.33. The number of methoxy groups -OCH3 is 1. The molecular formula is C19H19N3O3. The molecule has 2 aromatic carbocycles. The van der Waals surface area contributed by atoms with Crippen LogP contribution < -0.4 is 15.4 Å². The van der Waals surface area contributed by atoms with Crippen LogP contribution in [0.25, 0.3) is 0 Å². The molecule has 0 saturated heterocycles. The molecule has 128 valence electrons. The predicted molar refractivity (Wildman–Crippen MR) is 95.2 cm³/mol. The van der Waals surface area contributed by atoms with Crippen LogP contribution in [0.4, 0.5) is 11.4 Å². The highest BCUT2D eigenvalue weighted by Crippen LogP contribution is 2.27. The van der Waals surface area contributed by atoms with Gasteiger partial charge in [-0.25, -0.2) is 0 Å². The molecule has 2 aromatic rings. The maximum absolute atomic E-state index is 12.6. The fraction of sp³-hybridized carbons (Fsp3) is 0.211. The van der Waals surface area contributed by atoms with Gasteiger partial charge < -0.3 is 15.4 Å². The van der Waals surface area contributed by atoms with Gasteiger partial charge in [0.05, 0.1) is 24.0 Å². The average molecular weight is 337 g/mol. The van der Waals surface area contributed by atoms with Crippen molar-refractivity contribution in [3.8, 4) is 11.8 Å². The second-order valence-corrected chi connectivity index (χ2v) is 5.89. The van der Waals surface area contributed by atoms with E-state index in [1.54, 1.807) is 48.5 Å². The molecule has 2 amide bonds. The van der Waals surface area contributed by atoms with Crippen LogP contribution in [0.15, 0.2) is 48.5 Å². The lowest BCUT2D eigenvalue weighted by atomic mass is 9.90. The summed E-state index contributed by atoms with van der Waals surface area (Å²) in [6.45, 7) is 3.03. The number of nitriles is 1. The van der Waals surface area contributed by atoms with Crippen molar-refractivity contribution in [3.63, 3.8) is 0 Å². The molecule has 6 heteroatoms. The maximum atomic E-state index is 12.6. The molecule has 25 heavy (non-hydrogen) atoms. The quantitative estimate of drug-likeness (QED) is 0.820. The van der Waals surface area contributed by atoms with Gasteiger partial charge in [-0.05, 0) is 38.1 Å². The zero-order chi connectivity index (χ0) is 18.4. The molecule has 0 bridgehead atoms. The van der Waals surface area contributed by atoms with Crippen LogP contribution in [0, 0.1) is 16.7 Å². The first-order chi connectivity index (χ1) is 11.9. The summed E-state index contributed by atoms with van der Waals surface area (Å²) >= 11 is 0. The largest absolute Gasteiger partial charge is 0.495 e. The smallest absolute Gasteiger partial charge is 0.239 e. The molecule has 6 nitrogen and oxygen atoms in total. The summed E-state index contributed by atoms with van der Waals surface area (Å²) < 4.78 is 5.19. The summed E-state index contributed by atoms with van der Waals surface area (Å²) in [6.07, 6.45) is 0. The third-order valence-corrected chi connectivity index (χ3v) is 3.79. The van der Waals surface area contributed by atoms with E-state index in [1.807, 2.05) is 6.07 Å². The monoisotopic (exact) mass is 337 g/mol. The number of ether oxygens (including phenoxy) is 1. The number of carbonyl (C=O) groups excluding carboxylic acids is 2. The highest BCUT2D eigenvalue weighted by atomic mass is 16.5. The molecule has 0 radical (unpaired) electrons. The maximum Gasteiger partial charge on any atom is 0.239 e. The number of nitrogens with one attached hydrogen (secondary N) is 2. The van der Waals surface area contributed by atoms with Crippen molar-refractivity contribution in [1.29, 1.82) is 5.26 Å². The minimum atomic E-state index is -1.36. The molecule has 0 unspecified atom stereocenters. The fourth-order valence-corrected chi connectivity index (χ4v) is 2.10. The van der Waals surface area contributed by atoms with Crippen molar-refractivity contribution < 1.29 is 14.3 Å². The SMILES string of the molecule is COc1ccccc1NC(=O)C(C)(C)C(=O)Nc1ccccc1C#N. The third-order valence-electron chi connectivity index (χ3n) is 3.79. The van der Waals surface area contributed by atoms with Crippen molar-refractivity contribution in [1.82, 2.24) is 0 Å². The van der Waals surface area contributed by atoms with Gasteiger partial charge in [-0.2, -0.15) is 5.26 Å². The number of amides is 2. The van der Waals surface area contributed by atoms with Crippen molar-refractivity contribution in [2.75, 3.05) is 17.7 Å². The molecule has 0 fully saturated rings. The Kier molecular flexibility index (Phi) is 5.40. The summed E-state index contributed by atoms with van der Waals surface area (Å²) in [5, 5.41) is 14.5. The summed E-state index contributed by atoms with van der Waals surface area (Å²) in [7, 11) is 1.50. The summed E-state index contributed by atoms with van der Waals surface area (Å²) in [6, 6.07) is 15.6. The van der Waals surface area contributed by atoms with E-state index in [9.17, 15) is 9.59 Å². The highest BCUT2D eigenvalue weighted by molar-refractivity contribution is 6.14. The Bertz CT molecular complexity index is 838. The molecule has 0 spiro atoms. The highest BCUT2D eigenvalue weighted by Gasteiger charge is 2.36. The van der Waals surface area contributed by atoms with E-state index in [1.165, 1.54) is 21.0 Å². The Balaban J connectivity index is 2.18. The van der Waals surface area contributed by atoms with E-state index in [0.29, 0.717) is 22.7 Å². The van der Waals surface area contributed by atoms with Crippen LogP contribution in [0.5, 0.6) is 5.75 Å². The van der Waals surface area contributed by atoms with Crippen molar-refractivity contribution in [3.05, 3.63) is 54.1 Å². The molecule has 0 atom stereocenters. The van der Waals surface area contributed by atoms with Gasteiger partial charge in [0.1, 0.15) is 17.2 Å². The number of carbonyl (C=O) groups is 2. The van der Waals surface area contributed by atoms with E-state index in [4.69, 9.17) is 10.00 Å². The zero-order valence-electron chi connectivity index (χ0n) is 14.3. The Labute approximate surface area is 146 Å². The lowest BCUT2D eigenvalue weighted by molar-refractivity contribution is -0.135. The summed E-state index contributed by atoms with van der Waals surface area (Å²) in [4.78, 5) is 25.2. The second kappa shape index (κ2) is 7.49. The standard InChI is InChI=1S/C19H19N3O3/c1-19(2,17(23)21-14-9-5-4-8-13(14)12-20)18(24)22-15-10-6-7-11-16(15)25-3/h4-11H,1-3H3,(H,21,23)(H,22,24). The number of hydrogen-bond donors (Lipinski definition) is 2. The summed E-state index contributed by atoms with van der Waals surface area (Å²) in [5.41, 5.74) is -0.179. The number of rotatable bonds is 5. The molecule has 0 aliphatic heterocycles. The topological polar surface area (TPSA) is 91.2 Å². The lowest BCUT2D eigenvalue weighted by Crippen LogP contribution is -2.41. The molecule has 0 aliphatic carbocycles. The lowest BCUT2D eigenvalue weighted by Gasteiger charge is -2.23. The van der Waals surface area contributed by atoms with Crippen LogP contribution in [0.1, 0.15) is 19.4 Å². The number of benzene rings is 2. The molecule has 0 aromatic heterocycles. The third kappa shape index (κ3) is 3.96. The van der Waals surface area contributed by atoms with Crippen molar-refractivity contribution in [2.24, 2.45) is 5.41 Å². The second-order valence-electron chi connectivity index (χ2n) is 5.89. The Morgan fingerprint density at radius 3 is 2.08 bits per heavy atom. The summed E-state index contributed by atoms with van der Waals surface area (Å²) in [5.74, 6) is -0.492. The number of anilines is 2. The van der Waals surface area contributed by atoms with Crippen LogP contribution in [-0.4, -0.2) is 18.9 Å². The zero-order valence-corrected chi connectivity index (χ0v) is 14.3. The van der Waals surface area contributed by atoms with Gasteiger partial charge in [-0.1, -0.05) is 24.3 Å². The van der Waals surface area contributed by atoms with Crippen LogP contribution in [0.3, 0.4) is 0 Å². The Morgan fingerprint density at radius 2 is 1.48 bits per heavy atom. The molecule has 0 aliphatic rings. The first kappa shape index (κ1) is 18.0. The first-order valence-corrected chi connectivity index (χ1v) is 7.65. The van der Waals surface area contributed by atoms with E-state index in [-0.39, 0.29) is 0 Å². The van der Waals surface area contributed by atoms with E-state index >= 15 is 0 Å². The Morgan fingerprint density at radius 1 is 0.960 bits per heavy atom. The van der Waals surface area contributed by atoms with Gasteiger partial charge in [-0.3, -0.25) is 9.59 Å². The van der Waals surface area contributed by atoms with Crippen LogP contribution in [-0.2, 0) is 9.59 Å². The van der Waals surface area contributed by atoms with Crippen LogP contribution >= 0.6 is 0 Å². The normalized spacial score (nSPS) is 10.5. The van der Waals surface area contributed by atoms with E-state index in [0.717, 1.165) is 0 Å². The number of nitrogens with zero attached hydrogens (tertiary/aromatic N) is 1. The minimum Gasteiger partial charge on any atom is -0.495 e. The fourth-order valence-electron chi connectivity index (χ4n) is 2.10. The predicted octanol–water partition coefficient (Wildman–Crippen LogP) is 3.17. The van der Waals surface area contributed by atoms with Gasteiger partial charge in [0, 0.05) is 0 Å². The molecule has 0 heterocycles. The van der Waals surface area contributed by atoms with Gasteiger partial charge in [0.15, 0.2) is 0 Å². The van der Waals surface area contributed by atoms with Crippen molar-refractivity contribution >= 4 is 23.2 Å². The van der Waals surface area contributed by atoms with Gasteiger partial charge in [0.25, 0.3) is 0 Å². The minimum absolute atomic E-state index is 0.330. The molecule has 0 saturated carbocycles. The van der Waals surface area contributed by atoms with Gasteiger partial charge >= 0.3 is 0 Å². The number of hydrogen-bond acceptors (Lipinski definition) is 4. The molecule has 2 N–H and O–H groups in total. The van der Waals surface area contributed by atoms with E-state index in [2.05, 4.69) is 10.6 Å². The van der Waals surface area contributed by atoms with Crippen LogP contribution in [0.2, 0.25) is 0 Å². The molecular weight excluding hydrogens is 318 g/mol. The van der Waals surface area contributed by atoms with Gasteiger partial charge in [-0.15, -0.1) is 0 Å². The van der Waals surface area contributed by atoms with Gasteiger partial charge in [0.2, 0.25) is 11.8 Å². The average Bonchev–Trinajstić information content (AvgIpc) is 2.62. The number of para-hydroxylation sites is 3.